The zero-order valence-electron chi connectivity index (χ0n) is 11.8. The normalized spacial score (nSPS) is 18.0. The molecule has 1 aliphatic rings. The van der Waals surface area contributed by atoms with Gasteiger partial charge in [0, 0.05) is 36.8 Å². The van der Waals surface area contributed by atoms with Gasteiger partial charge in [0.2, 0.25) is 0 Å². The van der Waals surface area contributed by atoms with E-state index in [0.717, 1.165) is 24.0 Å². The predicted molar refractivity (Wildman–Crippen MR) is 85.4 cm³/mol. The number of nitrogens with one attached hydrogen (secondary N) is 1. The first kappa shape index (κ1) is 14.1. The van der Waals surface area contributed by atoms with Crippen molar-refractivity contribution in [3.05, 3.63) is 47.0 Å². The van der Waals surface area contributed by atoms with Crippen LogP contribution in [0.25, 0.3) is 0 Å². The summed E-state index contributed by atoms with van der Waals surface area (Å²) in [5.41, 5.74) is 1.64. The molecule has 1 aliphatic heterocycles. The highest BCUT2D eigenvalue weighted by Gasteiger charge is 2.25. The molecule has 0 bridgehead atoms. The van der Waals surface area contributed by atoms with E-state index < -0.39 is 0 Å². The summed E-state index contributed by atoms with van der Waals surface area (Å²) in [7, 11) is 1.86. The zero-order chi connectivity index (χ0) is 14.8. The van der Waals surface area contributed by atoms with Crippen LogP contribution in [0.4, 0.5) is 5.69 Å². The molecule has 1 aromatic carbocycles. The molecular weight excluding hydrogens is 332 g/mol. The fourth-order valence-corrected chi connectivity index (χ4v) is 3.13. The van der Waals surface area contributed by atoms with Crippen LogP contribution in [0.1, 0.15) is 16.9 Å². The standard InChI is InChI=1S/C15H17BrN4O/c1-19-9-13(17-10-19)15(21)18-11-6-7-20(8-11)14-5-3-2-4-12(14)16/h2-5,9-11H,6-8H2,1H3,(H,18,21)/t11-/m1/s1. The van der Waals surface area contributed by atoms with Gasteiger partial charge >= 0.3 is 0 Å². The molecule has 0 radical (unpaired) electrons. The van der Waals surface area contributed by atoms with Crippen LogP contribution in [0, 0.1) is 0 Å². The first-order valence-electron chi connectivity index (χ1n) is 6.92. The number of carbonyl (C=O) groups is 1. The summed E-state index contributed by atoms with van der Waals surface area (Å²) in [4.78, 5) is 18.5. The molecule has 1 aromatic heterocycles. The number of para-hydroxylation sites is 1. The number of aryl methyl sites for hydroxylation is 1. The molecule has 21 heavy (non-hydrogen) atoms. The Balaban J connectivity index is 1.63. The molecule has 0 spiro atoms. The van der Waals surface area contributed by atoms with E-state index in [4.69, 9.17) is 0 Å². The molecule has 110 valence electrons. The lowest BCUT2D eigenvalue weighted by atomic mass is 10.2. The van der Waals surface area contributed by atoms with Gasteiger partial charge in [-0.2, -0.15) is 0 Å². The molecule has 1 saturated heterocycles. The minimum Gasteiger partial charge on any atom is -0.368 e. The van der Waals surface area contributed by atoms with Crippen molar-refractivity contribution in [2.45, 2.75) is 12.5 Å². The molecule has 0 saturated carbocycles. The van der Waals surface area contributed by atoms with E-state index in [1.54, 1.807) is 17.1 Å². The number of nitrogens with zero attached hydrogens (tertiary/aromatic N) is 3. The number of benzene rings is 1. The number of rotatable bonds is 3. The van der Waals surface area contributed by atoms with Crippen LogP contribution in [0.15, 0.2) is 41.3 Å². The molecule has 0 aliphatic carbocycles. The van der Waals surface area contributed by atoms with Crippen molar-refractivity contribution in [2.75, 3.05) is 18.0 Å². The molecule has 1 N–H and O–H groups in total. The highest BCUT2D eigenvalue weighted by atomic mass is 79.9. The second-order valence-electron chi connectivity index (χ2n) is 5.28. The number of hydrogen-bond acceptors (Lipinski definition) is 3. The Hall–Kier alpha value is -1.82. The Morgan fingerprint density at radius 2 is 2.24 bits per heavy atom. The fraction of sp³-hybridized carbons (Fsp3) is 0.333. The average molecular weight is 349 g/mol. The lowest BCUT2D eigenvalue weighted by Gasteiger charge is -2.20. The molecule has 2 aromatic rings. The molecule has 0 unspecified atom stereocenters. The zero-order valence-corrected chi connectivity index (χ0v) is 13.4. The number of amides is 1. The quantitative estimate of drug-likeness (QED) is 0.924. The Bertz CT molecular complexity index is 655. The number of carbonyl (C=O) groups excluding carboxylic acids is 1. The summed E-state index contributed by atoms with van der Waals surface area (Å²) >= 11 is 3.57. The summed E-state index contributed by atoms with van der Waals surface area (Å²) < 4.78 is 2.86. The van der Waals surface area contributed by atoms with Gasteiger partial charge in [-0.1, -0.05) is 12.1 Å². The molecule has 3 rings (SSSR count). The number of hydrogen-bond donors (Lipinski definition) is 1. The third-order valence-corrected chi connectivity index (χ3v) is 4.32. The minimum atomic E-state index is -0.102. The second-order valence-corrected chi connectivity index (χ2v) is 6.14. The monoisotopic (exact) mass is 348 g/mol. The van der Waals surface area contributed by atoms with Gasteiger partial charge in [0.05, 0.1) is 12.0 Å². The van der Waals surface area contributed by atoms with Crippen molar-refractivity contribution in [3.8, 4) is 0 Å². The molecule has 1 amide bonds. The lowest BCUT2D eigenvalue weighted by molar-refractivity contribution is 0.0935. The van der Waals surface area contributed by atoms with E-state index in [9.17, 15) is 4.79 Å². The average Bonchev–Trinajstić information content (AvgIpc) is 3.08. The molecule has 1 fully saturated rings. The number of aromatic nitrogens is 2. The van der Waals surface area contributed by atoms with Gasteiger partial charge < -0.3 is 14.8 Å². The maximum atomic E-state index is 12.1. The molecule has 2 heterocycles. The van der Waals surface area contributed by atoms with E-state index in [1.807, 2.05) is 25.2 Å². The summed E-state index contributed by atoms with van der Waals surface area (Å²) in [6.45, 7) is 1.76. The van der Waals surface area contributed by atoms with Crippen molar-refractivity contribution in [2.24, 2.45) is 7.05 Å². The third kappa shape index (κ3) is 3.10. The molecular formula is C15H17BrN4O. The molecule has 1 atom stereocenters. The Labute approximate surface area is 132 Å². The van der Waals surface area contributed by atoms with Gasteiger partial charge in [0.15, 0.2) is 0 Å². The minimum absolute atomic E-state index is 0.102. The van der Waals surface area contributed by atoms with Gasteiger partial charge in [-0.3, -0.25) is 4.79 Å². The van der Waals surface area contributed by atoms with E-state index >= 15 is 0 Å². The Morgan fingerprint density at radius 1 is 1.43 bits per heavy atom. The van der Waals surface area contributed by atoms with Crippen LogP contribution in [-0.2, 0) is 7.05 Å². The van der Waals surface area contributed by atoms with Gasteiger partial charge in [0.25, 0.3) is 5.91 Å². The van der Waals surface area contributed by atoms with Crippen molar-refractivity contribution in [3.63, 3.8) is 0 Å². The Kier molecular flexibility index (Phi) is 3.96. The fourth-order valence-electron chi connectivity index (χ4n) is 2.59. The van der Waals surface area contributed by atoms with Crippen molar-refractivity contribution < 1.29 is 4.79 Å². The first-order chi connectivity index (χ1) is 10.1. The SMILES string of the molecule is Cn1cnc(C(=O)N[C@@H]2CCN(c3ccccc3Br)C2)c1. The van der Waals surface area contributed by atoms with E-state index in [1.165, 1.54) is 5.69 Å². The summed E-state index contributed by atoms with van der Waals surface area (Å²) in [6, 6.07) is 8.32. The van der Waals surface area contributed by atoms with E-state index in [0.29, 0.717) is 5.69 Å². The molecule has 5 nitrogen and oxygen atoms in total. The largest absolute Gasteiger partial charge is 0.368 e. The summed E-state index contributed by atoms with van der Waals surface area (Å²) in [5, 5.41) is 3.06. The van der Waals surface area contributed by atoms with Crippen molar-refractivity contribution in [1.82, 2.24) is 14.9 Å². The highest BCUT2D eigenvalue weighted by molar-refractivity contribution is 9.10. The Morgan fingerprint density at radius 3 is 2.95 bits per heavy atom. The lowest BCUT2D eigenvalue weighted by Crippen LogP contribution is -2.37. The van der Waals surface area contributed by atoms with Gasteiger partial charge in [-0.25, -0.2) is 4.98 Å². The first-order valence-corrected chi connectivity index (χ1v) is 7.71. The highest BCUT2D eigenvalue weighted by Crippen LogP contribution is 2.28. The van der Waals surface area contributed by atoms with Crippen LogP contribution in [-0.4, -0.2) is 34.6 Å². The van der Waals surface area contributed by atoms with Crippen LogP contribution >= 0.6 is 15.9 Å². The smallest absolute Gasteiger partial charge is 0.271 e. The van der Waals surface area contributed by atoms with Crippen LogP contribution in [0.3, 0.4) is 0 Å². The second kappa shape index (κ2) is 5.89. The number of imidazole rings is 1. The van der Waals surface area contributed by atoms with Gasteiger partial charge in [-0.15, -0.1) is 0 Å². The van der Waals surface area contributed by atoms with Crippen molar-refractivity contribution in [1.29, 1.82) is 0 Å². The maximum Gasteiger partial charge on any atom is 0.271 e. The number of halogens is 1. The number of anilines is 1. The van der Waals surface area contributed by atoms with Crippen LogP contribution < -0.4 is 10.2 Å². The van der Waals surface area contributed by atoms with Crippen molar-refractivity contribution >= 4 is 27.5 Å². The summed E-state index contributed by atoms with van der Waals surface area (Å²) in [6.07, 6.45) is 4.31. The molecule has 6 heteroatoms. The topological polar surface area (TPSA) is 50.2 Å². The van der Waals surface area contributed by atoms with Crippen LogP contribution in [0.5, 0.6) is 0 Å². The van der Waals surface area contributed by atoms with Gasteiger partial charge in [-0.05, 0) is 34.5 Å². The van der Waals surface area contributed by atoms with Crippen LogP contribution in [0.2, 0.25) is 0 Å². The third-order valence-electron chi connectivity index (χ3n) is 3.65. The summed E-state index contributed by atoms with van der Waals surface area (Å²) in [5.74, 6) is -0.102. The predicted octanol–water partition coefficient (Wildman–Crippen LogP) is 2.19. The van der Waals surface area contributed by atoms with E-state index in [2.05, 4.69) is 37.2 Å². The van der Waals surface area contributed by atoms with E-state index in [-0.39, 0.29) is 11.9 Å². The van der Waals surface area contributed by atoms with Gasteiger partial charge in [0.1, 0.15) is 5.69 Å². The maximum absolute atomic E-state index is 12.1.